The van der Waals surface area contributed by atoms with Gasteiger partial charge in [0.1, 0.15) is 11.5 Å². The molecule has 0 aliphatic rings. The summed E-state index contributed by atoms with van der Waals surface area (Å²) in [5.41, 5.74) is 6.66. The maximum Gasteiger partial charge on any atom is 0.225 e. The summed E-state index contributed by atoms with van der Waals surface area (Å²) < 4.78 is 1.37. The Labute approximate surface area is 85.3 Å². The van der Waals surface area contributed by atoms with Crippen molar-refractivity contribution in [3.05, 3.63) is 12.0 Å². The average Bonchev–Trinajstić information content (AvgIpc) is 2.48. The summed E-state index contributed by atoms with van der Waals surface area (Å²) in [5, 5.41) is 6.58. The van der Waals surface area contributed by atoms with E-state index < -0.39 is 0 Å². The highest BCUT2D eigenvalue weighted by Crippen LogP contribution is 2.15. The number of hydrogen-bond acceptors (Lipinski definition) is 5. The van der Waals surface area contributed by atoms with Gasteiger partial charge in [-0.05, 0) is 6.92 Å². The van der Waals surface area contributed by atoms with E-state index in [0.717, 1.165) is 0 Å². The molecule has 78 valence electrons. The Hall–Kier alpha value is -2.18. The molecule has 15 heavy (non-hydrogen) atoms. The predicted molar refractivity (Wildman–Crippen MR) is 54.2 cm³/mol. The molecule has 0 radical (unpaired) electrons. The summed E-state index contributed by atoms with van der Waals surface area (Å²) in [7, 11) is 0. The van der Waals surface area contributed by atoms with Crippen molar-refractivity contribution >= 4 is 23.2 Å². The smallest absolute Gasteiger partial charge is 0.225 e. The lowest BCUT2D eigenvalue weighted by atomic mass is 10.5. The largest absolute Gasteiger partial charge is 0.368 e. The van der Waals surface area contributed by atoms with Crippen LogP contribution in [-0.2, 0) is 4.79 Å². The Balaban J connectivity index is 2.63. The number of aromatic nitrogens is 4. The number of fused-ring (bicyclic) bond motifs is 1. The molecule has 7 nitrogen and oxygen atoms in total. The van der Waals surface area contributed by atoms with E-state index in [1.165, 1.54) is 17.6 Å². The molecule has 0 fully saturated rings. The second-order valence-corrected chi connectivity index (χ2v) is 3.10. The molecule has 7 heteroatoms. The fourth-order valence-corrected chi connectivity index (χ4v) is 1.29. The van der Waals surface area contributed by atoms with E-state index in [-0.39, 0.29) is 11.9 Å². The number of amides is 1. The van der Waals surface area contributed by atoms with Gasteiger partial charge in [0.2, 0.25) is 11.9 Å². The van der Waals surface area contributed by atoms with Gasteiger partial charge < -0.3 is 11.1 Å². The number of nitrogens with one attached hydrogen (secondary N) is 1. The Kier molecular flexibility index (Phi) is 2.00. The fourth-order valence-electron chi connectivity index (χ4n) is 1.29. The number of nitrogens with zero attached hydrogens (tertiary/aromatic N) is 4. The fraction of sp³-hybridized carbons (Fsp3) is 0.250. The van der Waals surface area contributed by atoms with Crippen LogP contribution in [-0.4, -0.2) is 25.5 Å². The summed E-state index contributed by atoms with van der Waals surface area (Å²) in [6, 6.07) is 0. The Morgan fingerprint density at radius 1 is 1.53 bits per heavy atom. The molecule has 3 N–H and O–H groups in total. The SMILES string of the molecule is CC(=O)Nc1cnn2c(N)nc(C)nc12. The van der Waals surface area contributed by atoms with Crippen LogP contribution in [0.2, 0.25) is 0 Å². The highest BCUT2D eigenvalue weighted by molar-refractivity contribution is 5.92. The number of anilines is 2. The molecule has 2 rings (SSSR count). The first kappa shape index (κ1) is 9.38. The van der Waals surface area contributed by atoms with Crippen LogP contribution in [0.3, 0.4) is 0 Å². The molecule has 2 heterocycles. The van der Waals surface area contributed by atoms with E-state index in [9.17, 15) is 4.79 Å². The first-order chi connectivity index (χ1) is 7.08. The minimum Gasteiger partial charge on any atom is -0.368 e. The predicted octanol–water partition coefficient (Wildman–Crippen LogP) is -0.0267. The molecular weight excluding hydrogens is 196 g/mol. The lowest BCUT2D eigenvalue weighted by molar-refractivity contribution is -0.114. The molecule has 0 bridgehead atoms. The molecule has 0 atom stereocenters. The lowest BCUT2D eigenvalue weighted by Crippen LogP contribution is -2.08. The number of aryl methyl sites for hydroxylation is 1. The van der Waals surface area contributed by atoms with Gasteiger partial charge in [0, 0.05) is 6.92 Å². The molecule has 0 aromatic carbocycles. The van der Waals surface area contributed by atoms with Gasteiger partial charge in [0.05, 0.1) is 6.20 Å². The van der Waals surface area contributed by atoms with Crippen LogP contribution in [0, 0.1) is 6.92 Å². The molecular formula is C8H10N6O. The first-order valence-corrected chi connectivity index (χ1v) is 4.33. The minimum absolute atomic E-state index is 0.181. The number of carbonyl (C=O) groups is 1. The zero-order valence-electron chi connectivity index (χ0n) is 8.35. The van der Waals surface area contributed by atoms with Crippen LogP contribution in [0.15, 0.2) is 6.20 Å². The normalized spacial score (nSPS) is 10.5. The number of nitrogen functional groups attached to an aromatic ring is 1. The van der Waals surface area contributed by atoms with E-state index >= 15 is 0 Å². The first-order valence-electron chi connectivity index (χ1n) is 4.33. The van der Waals surface area contributed by atoms with Gasteiger partial charge in [-0.2, -0.15) is 14.6 Å². The number of carbonyl (C=O) groups excluding carboxylic acids is 1. The van der Waals surface area contributed by atoms with Crippen LogP contribution in [0.25, 0.3) is 5.65 Å². The van der Waals surface area contributed by atoms with E-state index in [1.54, 1.807) is 6.92 Å². The standard InChI is InChI=1S/C8H10N6O/c1-4-11-7-6(13-5(2)15)3-10-14(7)8(9)12-4/h3H,1-2H3,(H,13,15)(H2,9,11,12). The zero-order chi connectivity index (χ0) is 11.0. The van der Waals surface area contributed by atoms with Gasteiger partial charge in [0.15, 0.2) is 5.65 Å². The second-order valence-electron chi connectivity index (χ2n) is 3.10. The van der Waals surface area contributed by atoms with Gasteiger partial charge >= 0.3 is 0 Å². The Morgan fingerprint density at radius 2 is 2.27 bits per heavy atom. The van der Waals surface area contributed by atoms with Crippen molar-refractivity contribution in [2.45, 2.75) is 13.8 Å². The van der Waals surface area contributed by atoms with E-state index in [4.69, 9.17) is 5.73 Å². The monoisotopic (exact) mass is 206 g/mol. The van der Waals surface area contributed by atoms with Crippen molar-refractivity contribution in [3.8, 4) is 0 Å². The summed E-state index contributed by atoms with van der Waals surface area (Å²) in [6.07, 6.45) is 1.49. The Morgan fingerprint density at radius 3 is 2.93 bits per heavy atom. The number of nitrogens with two attached hydrogens (primary N) is 1. The topological polar surface area (TPSA) is 98.2 Å². The van der Waals surface area contributed by atoms with Crippen LogP contribution >= 0.6 is 0 Å². The van der Waals surface area contributed by atoms with Crippen molar-refractivity contribution in [2.24, 2.45) is 0 Å². The van der Waals surface area contributed by atoms with Gasteiger partial charge in [-0.25, -0.2) is 4.98 Å². The maximum atomic E-state index is 10.9. The number of rotatable bonds is 1. The van der Waals surface area contributed by atoms with Gasteiger partial charge in [-0.15, -0.1) is 0 Å². The highest BCUT2D eigenvalue weighted by atomic mass is 16.1. The lowest BCUT2D eigenvalue weighted by Gasteiger charge is -2.01. The summed E-state index contributed by atoms with van der Waals surface area (Å²) >= 11 is 0. The molecule has 0 spiro atoms. The molecule has 0 aliphatic heterocycles. The van der Waals surface area contributed by atoms with Crippen molar-refractivity contribution in [1.29, 1.82) is 0 Å². The summed E-state index contributed by atoms with van der Waals surface area (Å²) in [4.78, 5) is 19.0. The van der Waals surface area contributed by atoms with E-state index in [2.05, 4.69) is 20.4 Å². The second kappa shape index (κ2) is 3.19. The molecule has 1 amide bonds. The molecule has 0 saturated heterocycles. The minimum atomic E-state index is -0.181. The summed E-state index contributed by atoms with van der Waals surface area (Å²) in [6.45, 7) is 3.14. The highest BCUT2D eigenvalue weighted by Gasteiger charge is 2.09. The van der Waals surface area contributed by atoms with Crippen molar-refractivity contribution < 1.29 is 4.79 Å². The van der Waals surface area contributed by atoms with Crippen molar-refractivity contribution in [2.75, 3.05) is 11.1 Å². The number of hydrogen-bond donors (Lipinski definition) is 2. The molecule has 2 aromatic heterocycles. The van der Waals surface area contributed by atoms with Crippen LogP contribution < -0.4 is 11.1 Å². The van der Waals surface area contributed by atoms with E-state index in [0.29, 0.717) is 17.2 Å². The average molecular weight is 206 g/mol. The van der Waals surface area contributed by atoms with Gasteiger partial charge in [-0.3, -0.25) is 4.79 Å². The third-order valence-electron chi connectivity index (χ3n) is 1.82. The Bertz CT molecular complexity index is 531. The molecule has 0 aliphatic carbocycles. The van der Waals surface area contributed by atoms with Crippen LogP contribution in [0.4, 0.5) is 11.6 Å². The van der Waals surface area contributed by atoms with Gasteiger partial charge in [-0.1, -0.05) is 0 Å². The van der Waals surface area contributed by atoms with Crippen LogP contribution in [0.5, 0.6) is 0 Å². The van der Waals surface area contributed by atoms with Crippen LogP contribution in [0.1, 0.15) is 12.7 Å². The quantitative estimate of drug-likeness (QED) is 0.682. The van der Waals surface area contributed by atoms with Crippen molar-refractivity contribution in [1.82, 2.24) is 19.6 Å². The van der Waals surface area contributed by atoms with Gasteiger partial charge in [0.25, 0.3) is 0 Å². The van der Waals surface area contributed by atoms with Crippen molar-refractivity contribution in [3.63, 3.8) is 0 Å². The third kappa shape index (κ3) is 1.58. The van der Waals surface area contributed by atoms with E-state index in [1.807, 2.05) is 0 Å². The molecule has 2 aromatic rings. The third-order valence-corrected chi connectivity index (χ3v) is 1.82. The summed E-state index contributed by atoms with van der Waals surface area (Å²) in [5.74, 6) is 0.598. The molecule has 0 unspecified atom stereocenters. The zero-order valence-corrected chi connectivity index (χ0v) is 8.35. The molecule has 0 saturated carbocycles. The maximum absolute atomic E-state index is 10.9.